The van der Waals surface area contributed by atoms with Gasteiger partial charge in [-0.25, -0.2) is 0 Å². The Hall–Kier alpha value is -5.53. The van der Waals surface area contributed by atoms with Crippen LogP contribution in [0.15, 0.2) is 114 Å². The maximum atomic E-state index is 10.4. The number of hydrogen-bond acceptors (Lipinski definition) is 3. The highest BCUT2D eigenvalue weighted by atomic mass is 16.3. The molecule has 3 atom stereocenters. The van der Waals surface area contributed by atoms with E-state index < -0.39 is 0 Å². The van der Waals surface area contributed by atoms with E-state index in [2.05, 4.69) is 137 Å². The molecule has 0 radical (unpaired) electrons. The van der Waals surface area contributed by atoms with Gasteiger partial charge in [0.2, 0.25) is 0 Å². The van der Waals surface area contributed by atoms with Gasteiger partial charge in [-0.3, -0.25) is 0 Å². The molecule has 232 valence electrons. The monoisotopic (exact) mass is 621 g/mol. The molecule has 3 heterocycles. The second-order valence-electron chi connectivity index (χ2n) is 13.6. The molecule has 3 aromatic carbocycles. The Morgan fingerprint density at radius 3 is 2.60 bits per heavy atom. The van der Waals surface area contributed by atoms with Gasteiger partial charge in [0, 0.05) is 45.6 Å². The van der Waals surface area contributed by atoms with Gasteiger partial charge in [0.25, 0.3) is 0 Å². The molecule has 0 N–H and O–H groups in total. The van der Waals surface area contributed by atoms with E-state index in [-0.39, 0.29) is 18.0 Å². The van der Waals surface area contributed by atoms with Gasteiger partial charge in [0.15, 0.2) is 5.58 Å². The van der Waals surface area contributed by atoms with E-state index in [0.29, 0.717) is 5.56 Å². The summed E-state index contributed by atoms with van der Waals surface area (Å²) >= 11 is 0. The van der Waals surface area contributed by atoms with Crippen molar-refractivity contribution in [2.24, 2.45) is 0 Å². The molecular weight excluding hydrogens is 587 g/mol. The van der Waals surface area contributed by atoms with Gasteiger partial charge in [-0.05, 0) is 73.1 Å². The first-order chi connectivity index (χ1) is 23.8. The number of aromatic nitrogens is 1. The molecule has 4 aliphatic carbocycles. The SMILES string of the molecule is N#Cc1cc(C2=CCC(n3c4c(c5ccc6c7c(oc6c53)CCC=C7)C=CCCC4)C=C2)ccc1N1c2ccccc2C2C=CC=CC21. The van der Waals surface area contributed by atoms with E-state index in [1.807, 2.05) is 0 Å². The number of rotatable bonds is 3. The van der Waals surface area contributed by atoms with E-state index in [1.54, 1.807) is 0 Å². The third-order valence-corrected chi connectivity index (χ3v) is 11.0. The van der Waals surface area contributed by atoms with Crippen molar-refractivity contribution in [1.82, 2.24) is 4.57 Å². The summed E-state index contributed by atoms with van der Waals surface area (Å²) in [6.07, 6.45) is 31.2. The van der Waals surface area contributed by atoms with Crippen LogP contribution >= 0.6 is 0 Å². The second-order valence-corrected chi connectivity index (χ2v) is 13.6. The van der Waals surface area contributed by atoms with Gasteiger partial charge in [0.1, 0.15) is 11.8 Å². The lowest BCUT2D eigenvalue weighted by atomic mass is 9.91. The van der Waals surface area contributed by atoms with Crippen LogP contribution in [-0.2, 0) is 12.8 Å². The lowest BCUT2D eigenvalue weighted by Gasteiger charge is -2.29. The number of allylic oxidation sites excluding steroid dienone is 8. The van der Waals surface area contributed by atoms with Crippen molar-refractivity contribution in [2.45, 2.75) is 56.5 Å². The predicted octanol–water partition coefficient (Wildman–Crippen LogP) is 10.9. The van der Waals surface area contributed by atoms with Crippen molar-refractivity contribution >= 4 is 51.0 Å². The minimum Gasteiger partial charge on any atom is -0.458 e. The summed E-state index contributed by atoms with van der Waals surface area (Å²) in [6, 6.07) is 22.5. The van der Waals surface area contributed by atoms with Crippen LogP contribution in [0.3, 0.4) is 0 Å². The third-order valence-electron chi connectivity index (χ3n) is 11.0. The summed E-state index contributed by atoms with van der Waals surface area (Å²) in [7, 11) is 0. The quantitative estimate of drug-likeness (QED) is 0.201. The average Bonchev–Trinajstić information content (AvgIpc) is 3.72. The first-order valence-corrected chi connectivity index (χ1v) is 17.4. The van der Waals surface area contributed by atoms with Crippen LogP contribution in [0, 0.1) is 11.3 Å². The van der Waals surface area contributed by atoms with Crippen molar-refractivity contribution in [2.75, 3.05) is 4.90 Å². The zero-order valence-corrected chi connectivity index (χ0v) is 26.8. The maximum absolute atomic E-state index is 10.4. The number of nitriles is 1. The summed E-state index contributed by atoms with van der Waals surface area (Å²) in [6.45, 7) is 0. The van der Waals surface area contributed by atoms with Crippen LogP contribution in [0.5, 0.6) is 0 Å². The number of benzene rings is 3. The molecule has 4 heteroatoms. The molecule has 0 bridgehead atoms. The standard InChI is InChI=1S/C44H35N3O/c45-27-30-26-29(20-25-38(30)47-40-15-7-4-11-32(40)33-12-5-8-16-41(33)47)28-18-21-31(22-19-28)46-39-14-3-1-2-10-34(39)36-23-24-37-35-13-6-9-17-42(35)48-44(37)43(36)46/h2,4-8,10-13,15-16,18-21,23-26,31-32,40H,1,3,9,14,17,22H2. The molecule has 0 saturated carbocycles. The van der Waals surface area contributed by atoms with Gasteiger partial charge in [-0.1, -0.05) is 97.2 Å². The topological polar surface area (TPSA) is 45.1 Å². The van der Waals surface area contributed by atoms with Crippen LogP contribution in [0.25, 0.3) is 39.6 Å². The van der Waals surface area contributed by atoms with Gasteiger partial charge in [-0.15, -0.1) is 0 Å². The Morgan fingerprint density at radius 2 is 1.69 bits per heavy atom. The molecule has 0 spiro atoms. The molecule has 0 amide bonds. The Bertz CT molecular complexity index is 2400. The van der Waals surface area contributed by atoms with E-state index in [1.165, 1.54) is 49.9 Å². The zero-order chi connectivity index (χ0) is 31.8. The lowest BCUT2D eigenvalue weighted by molar-refractivity contribution is 0.542. The van der Waals surface area contributed by atoms with E-state index in [0.717, 1.165) is 61.1 Å². The van der Waals surface area contributed by atoms with E-state index in [4.69, 9.17) is 4.42 Å². The average molecular weight is 622 g/mol. The number of para-hydroxylation sites is 1. The normalized spacial score (nSPS) is 21.9. The smallest absolute Gasteiger partial charge is 0.159 e. The summed E-state index contributed by atoms with van der Waals surface area (Å²) in [5.41, 5.74) is 12.7. The third kappa shape index (κ3) is 4.00. The largest absolute Gasteiger partial charge is 0.458 e. The molecule has 0 saturated heterocycles. The zero-order valence-electron chi connectivity index (χ0n) is 26.8. The number of nitrogens with zero attached hydrogens (tertiary/aromatic N) is 3. The molecular formula is C44H35N3O. The molecule has 0 fully saturated rings. The molecule has 5 aliphatic rings. The van der Waals surface area contributed by atoms with E-state index in [9.17, 15) is 5.26 Å². The number of anilines is 2. The van der Waals surface area contributed by atoms with Crippen LogP contribution in [0.4, 0.5) is 11.4 Å². The molecule has 3 unspecified atom stereocenters. The predicted molar refractivity (Wildman–Crippen MR) is 196 cm³/mol. The van der Waals surface area contributed by atoms with Crippen LogP contribution < -0.4 is 4.90 Å². The Balaban J connectivity index is 1.03. The molecule has 4 nitrogen and oxygen atoms in total. The lowest BCUT2D eigenvalue weighted by Crippen LogP contribution is -2.29. The number of fused-ring (bicyclic) bond motifs is 10. The summed E-state index contributed by atoms with van der Waals surface area (Å²) in [4.78, 5) is 2.35. The second kappa shape index (κ2) is 10.8. The molecule has 48 heavy (non-hydrogen) atoms. The maximum Gasteiger partial charge on any atom is 0.159 e. The van der Waals surface area contributed by atoms with Crippen molar-refractivity contribution in [1.29, 1.82) is 5.26 Å². The highest BCUT2D eigenvalue weighted by Gasteiger charge is 2.38. The van der Waals surface area contributed by atoms with Gasteiger partial charge >= 0.3 is 0 Å². The highest BCUT2D eigenvalue weighted by Crippen LogP contribution is 2.49. The first-order valence-electron chi connectivity index (χ1n) is 17.4. The van der Waals surface area contributed by atoms with Crippen molar-refractivity contribution in [3.63, 3.8) is 0 Å². The van der Waals surface area contributed by atoms with Crippen molar-refractivity contribution < 1.29 is 4.42 Å². The van der Waals surface area contributed by atoms with Crippen molar-refractivity contribution in [3.05, 3.63) is 149 Å². The first kappa shape index (κ1) is 27.6. The van der Waals surface area contributed by atoms with E-state index >= 15 is 0 Å². The fraction of sp³-hybridized carbons (Fsp3) is 0.205. The van der Waals surface area contributed by atoms with Crippen LogP contribution in [-0.4, -0.2) is 10.6 Å². The Labute approximate surface area is 280 Å². The summed E-state index contributed by atoms with van der Waals surface area (Å²) in [5, 5.41) is 12.9. The minimum absolute atomic E-state index is 0.170. The van der Waals surface area contributed by atoms with Crippen LogP contribution in [0.2, 0.25) is 0 Å². The minimum atomic E-state index is 0.170. The molecule has 10 rings (SSSR count). The van der Waals surface area contributed by atoms with Gasteiger partial charge in [0.05, 0.1) is 28.9 Å². The highest BCUT2D eigenvalue weighted by molar-refractivity contribution is 6.09. The van der Waals surface area contributed by atoms with Gasteiger partial charge in [-0.2, -0.15) is 5.26 Å². The summed E-state index contributed by atoms with van der Waals surface area (Å²) in [5.74, 6) is 1.40. The summed E-state index contributed by atoms with van der Waals surface area (Å²) < 4.78 is 9.28. The molecule has 5 aromatic rings. The van der Waals surface area contributed by atoms with Gasteiger partial charge < -0.3 is 13.9 Å². The Kier molecular flexibility index (Phi) is 6.18. The van der Waals surface area contributed by atoms with Crippen LogP contribution in [0.1, 0.15) is 76.9 Å². The van der Waals surface area contributed by atoms with Crippen molar-refractivity contribution in [3.8, 4) is 6.07 Å². The Morgan fingerprint density at radius 1 is 0.812 bits per heavy atom. The molecule has 2 aromatic heterocycles. The number of aryl methyl sites for hydroxylation is 1. The number of hydrogen-bond donors (Lipinski definition) is 0. The fourth-order valence-electron chi connectivity index (χ4n) is 8.87. The fourth-order valence-corrected chi connectivity index (χ4v) is 8.87. The number of furan rings is 1. The molecule has 1 aliphatic heterocycles.